The Morgan fingerprint density at radius 3 is 2.38 bits per heavy atom. The molecule has 0 amide bonds. The lowest BCUT2D eigenvalue weighted by atomic mass is 10.1. The van der Waals surface area contributed by atoms with Crippen LogP contribution in [-0.2, 0) is 6.42 Å². The molecule has 0 heterocycles. The smallest absolute Gasteiger partial charge is 0.293 e. The Balaban J connectivity index is 2.10. The van der Waals surface area contributed by atoms with E-state index >= 15 is 0 Å². The van der Waals surface area contributed by atoms with E-state index in [1.165, 1.54) is 11.6 Å². The molecule has 2 rings (SSSR count). The molecule has 21 heavy (non-hydrogen) atoms. The van der Waals surface area contributed by atoms with Crippen LogP contribution in [0.2, 0.25) is 0 Å². The fourth-order valence-corrected chi connectivity index (χ4v) is 2.68. The molecule has 0 radical (unpaired) electrons. The van der Waals surface area contributed by atoms with Crippen LogP contribution in [-0.4, -0.2) is 11.0 Å². The summed E-state index contributed by atoms with van der Waals surface area (Å²) in [7, 11) is 0. The van der Waals surface area contributed by atoms with E-state index in [2.05, 4.69) is 37.2 Å². The number of anilines is 1. The zero-order chi connectivity index (χ0) is 15.4. The van der Waals surface area contributed by atoms with E-state index in [-0.39, 0.29) is 16.7 Å². The van der Waals surface area contributed by atoms with Crippen molar-refractivity contribution >= 4 is 43.2 Å². The standard InChI is InChI=1S/C15H14Br2N2O2/c1-10(8-11-2-4-12(16)5-3-11)18-14-7-6-13(17)9-15(14)19(20)21/h2-7,9-10,18H,8H2,1H3. The molecule has 2 aromatic carbocycles. The van der Waals surface area contributed by atoms with Gasteiger partial charge in [0.25, 0.3) is 5.69 Å². The molecule has 0 saturated carbocycles. The molecule has 1 atom stereocenters. The molecular formula is C15H14Br2N2O2. The summed E-state index contributed by atoms with van der Waals surface area (Å²) in [5.41, 5.74) is 1.79. The Morgan fingerprint density at radius 1 is 1.14 bits per heavy atom. The monoisotopic (exact) mass is 412 g/mol. The van der Waals surface area contributed by atoms with Gasteiger partial charge in [-0.3, -0.25) is 10.1 Å². The van der Waals surface area contributed by atoms with Crippen molar-refractivity contribution < 1.29 is 4.92 Å². The van der Waals surface area contributed by atoms with Crippen LogP contribution in [0.4, 0.5) is 11.4 Å². The van der Waals surface area contributed by atoms with Crippen LogP contribution in [0.15, 0.2) is 51.4 Å². The third-order valence-electron chi connectivity index (χ3n) is 3.01. The van der Waals surface area contributed by atoms with Crippen molar-refractivity contribution in [3.63, 3.8) is 0 Å². The van der Waals surface area contributed by atoms with Crippen molar-refractivity contribution in [3.05, 3.63) is 67.1 Å². The van der Waals surface area contributed by atoms with Crippen molar-refractivity contribution in [2.24, 2.45) is 0 Å². The lowest BCUT2D eigenvalue weighted by Crippen LogP contribution is -2.18. The summed E-state index contributed by atoms with van der Waals surface area (Å²) in [4.78, 5) is 10.7. The number of nitrogens with one attached hydrogen (secondary N) is 1. The lowest BCUT2D eigenvalue weighted by molar-refractivity contribution is -0.384. The largest absolute Gasteiger partial charge is 0.377 e. The Hall–Kier alpha value is -1.40. The molecule has 0 aliphatic rings. The average Bonchev–Trinajstić information content (AvgIpc) is 2.43. The van der Waals surface area contributed by atoms with E-state index < -0.39 is 0 Å². The van der Waals surface area contributed by atoms with Crippen LogP contribution in [0.3, 0.4) is 0 Å². The van der Waals surface area contributed by atoms with Crippen LogP contribution in [0.25, 0.3) is 0 Å². The molecule has 0 aromatic heterocycles. The van der Waals surface area contributed by atoms with E-state index in [1.54, 1.807) is 12.1 Å². The van der Waals surface area contributed by atoms with Crippen LogP contribution in [0.1, 0.15) is 12.5 Å². The Kier molecular flexibility index (Phi) is 5.36. The number of nitrogens with zero attached hydrogens (tertiary/aromatic N) is 1. The quantitative estimate of drug-likeness (QED) is 0.543. The molecule has 110 valence electrons. The highest BCUT2D eigenvalue weighted by molar-refractivity contribution is 9.10. The molecule has 0 bridgehead atoms. The van der Waals surface area contributed by atoms with Crippen molar-refractivity contribution in [2.45, 2.75) is 19.4 Å². The fourth-order valence-electron chi connectivity index (χ4n) is 2.07. The minimum atomic E-state index is -0.376. The molecule has 4 nitrogen and oxygen atoms in total. The summed E-state index contributed by atoms with van der Waals surface area (Å²) in [5.74, 6) is 0. The summed E-state index contributed by atoms with van der Waals surface area (Å²) in [6.45, 7) is 2.01. The Morgan fingerprint density at radius 2 is 1.76 bits per heavy atom. The molecule has 0 fully saturated rings. The molecule has 1 N–H and O–H groups in total. The number of benzene rings is 2. The minimum Gasteiger partial charge on any atom is -0.377 e. The summed E-state index contributed by atoms with van der Waals surface area (Å²) in [5, 5.41) is 14.3. The maximum Gasteiger partial charge on any atom is 0.293 e. The molecular weight excluding hydrogens is 400 g/mol. The third kappa shape index (κ3) is 4.54. The van der Waals surface area contributed by atoms with Gasteiger partial charge in [0.05, 0.1) is 4.92 Å². The second-order valence-corrected chi connectivity index (χ2v) is 6.63. The van der Waals surface area contributed by atoms with Gasteiger partial charge in [0.15, 0.2) is 0 Å². The molecule has 2 aromatic rings. The number of halogens is 2. The third-order valence-corrected chi connectivity index (χ3v) is 4.04. The molecule has 6 heteroatoms. The summed E-state index contributed by atoms with van der Waals surface area (Å²) in [6.07, 6.45) is 0.792. The van der Waals surface area contributed by atoms with Crippen LogP contribution < -0.4 is 5.32 Å². The molecule has 0 spiro atoms. The van der Waals surface area contributed by atoms with E-state index in [9.17, 15) is 10.1 Å². The number of rotatable bonds is 5. The predicted molar refractivity (Wildman–Crippen MR) is 91.7 cm³/mol. The van der Waals surface area contributed by atoms with E-state index in [4.69, 9.17) is 0 Å². The SMILES string of the molecule is CC(Cc1ccc(Br)cc1)Nc1ccc(Br)cc1[N+](=O)[O-]. The number of hydrogen-bond acceptors (Lipinski definition) is 3. The Labute approximate surface area is 140 Å². The minimum absolute atomic E-state index is 0.0760. The lowest BCUT2D eigenvalue weighted by Gasteiger charge is -2.15. The van der Waals surface area contributed by atoms with Gasteiger partial charge in [-0.15, -0.1) is 0 Å². The van der Waals surface area contributed by atoms with E-state index in [1.807, 2.05) is 31.2 Å². The predicted octanol–water partition coefficient (Wildman–Crippen LogP) is 5.16. The zero-order valence-corrected chi connectivity index (χ0v) is 14.5. The molecule has 1 unspecified atom stereocenters. The summed E-state index contributed by atoms with van der Waals surface area (Å²) in [6, 6.07) is 13.2. The number of nitro groups is 1. The molecule has 0 aliphatic carbocycles. The zero-order valence-electron chi connectivity index (χ0n) is 11.3. The van der Waals surface area contributed by atoms with Gasteiger partial charge in [0.1, 0.15) is 5.69 Å². The van der Waals surface area contributed by atoms with Crippen LogP contribution >= 0.6 is 31.9 Å². The first-order valence-corrected chi connectivity index (χ1v) is 7.99. The van der Waals surface area contributed by atoms with Gasteiger partial charge in [0, 0.05) is 21.1 Å². The first-order valence-electron chi connectivity index (χ1n) is 6.40. The summed E-state index contributed by atoms with van der Waals surface area (Å²) < 4.78 is 1.73. The molecule has 0 saturated heterocycles. The highest BCUT2D eigenvalue weighted by Crippen LogP contribution is 2.28. The second-order valence-electron chi connectivity index (χ2n) is 4.79. The van der Waals surface area contributed by atoms with Gasteiger partial charge in [0.2, 0.25) is 0 Å². The normalized spacial score (nSPS) is 12.0. The average molecular weight is 414 g/mol. The fraction of sp³-hybridized carbons (Fsp3) is 0.200. The van der Waals surface area contributed by atoms with Gasteiger partial charge in [-0.05, 0) is 43.2 Å². The van der Waals surface area contributed by atoms with E-state index in [0.717, 1.165) is 10.9 Å². The highest BCUT2D eigenvalue weighted by Gasteiger charge is 2.16. The highest BCUT2D eigenvalue weighted by atomic mass is 79.9. The van der Waals surface area contributed by atoms with Gasteiger partial charge < -0.3 is 5.32 Å². The van der Waals surface area contributed by atoms with Crippen LogP contribution in [0, 0.1) is 10.1 Å². The Bertz CT molecular complexity index is 645. The van der Waals surface area contributed by atoms with Gasteiger partial charge in [-0.25, -0.2) is 0 Å². The molecule has 0 aliphatic heterocycles. The summed E-state index contributed by atoms with van der Waals surface area (Å²) >= 11 is 6.66. The van der Waals surface area contributed by atoms with Gasteiger partial charge >= 0.3 is 0 Å². The van der Waals surface area contributed by atoms with E-state index in [0.29, 0.717) is 10.2 Å². The van der Waals surface area contributed by atoms with Crippen molar-refractivity contribution in [1.82, 2.24) is 0 Å². The maximum atomic E-state index is 11.1. The van der Waals surface area contributed by atoms with Gasteiger partial charge in [-0.1, -0.05) is 44.0 Å². The van der Waals surface area contributed by atoms with Crippen molar-refractivity contribution in [3.8, 4) is 0 Å². The first kappa shape index (κ1) is 16.0. The first-order chi connectivity index (χ1) is 9.95. The number of nitro benzene ring substituents is 1. The number of hydrogen-bond donors (Lipinski definition) is 1. The van der Waals surface area contributed by atoms with Gasteiger partial charge in [-0.2, -0.15) is 0 Å². The topological polar surface area (TPSA) is 55.2 Å². The van der Waals surface area contributed by atoms with Crippen molar-refractivity contribution in [1.29, 1.82) is 0 Å². The van der Waals surface area contributed by atoms with Crippen LogP contribution in [0.5, 0.6) is 0 Å². The maximum absolute atomic E-state index is 11.1. The van der Waals surface area contributed by atoms with Crippen molar-refractivity contribution in [2.75, 3.05) is 5.32 Å². The second kappa shape index (κ2) is 7.04.